The normalized spacial score (nSPS) is 8.24. The van der Waals surface area contributed by atoms with Gasteiger partial charge in [0.05, 0.1) is 0 Å². The maximum absolute atomic E-state index is 12.3. The second kappa shape index (κ2) is 13.3. The van der Waals surface area contributed by atoms with Crippen LogP contribution in [0.25, 0.3) is 0 Å². The first-order valence-corrected chi connectivity index (χ1v) is 7.44. The molecule has 0 radical (unpaired) electrons. The summed E-state index contributed by atoms with van der Waals surface area (Å²) >= 11 is 0. The lowest BCUT2D eigenvalue weighted by Crippen LogP contribution is -1.81. The van der Waals surface area contributed by atoms with E-state index in [9.17, 15) is 8.78 Å². The third-order valence-electron chi connectivity index (χ3n) is 2.35. The summed E-state index contributed by atoms with van der Waals surface area (Å²) < 4.78 is 24.4. The quantitative estimate of drug-likeness (QED) is 0.511. The zero-order valence-corrected chi connectivity index (χ0v) is 14.3. The largest absolute Gasteiger partial charge is 0.207 e. The Balaban J connectivity index is 0. The molecule has 0 spiro atoms. The Morgan fingerprint density at radius 3 is 1.29 bits per heavy atom. The third kappa shape index (κ3) is 10.7. The van der Waals surface area contributed by atoms with Gasteiger partial charge in [0.15, 0.2) is 0 Å². The summed E-state index contributed by atoms with van der Waals surface area (Å²) in [5.74, 6) is -1.02. The lowest BCUT2D eigenvalue weighted by molar-refractivity contribution is 0.577. The highest BCUT2D eigenvalue weighted by atomic mass is 19.1. The fourth-order valence-corrected chi connectivity index (χ4v) is 1.20. The minimum atomic E-state index is -0.530. The SMILES string of the molecule is CC.CC.Cc1ccc(C)cc1.Cc1ccc(F)cc1F. The molecule has 0 aliphatic carbocycles. The van der Waals surface area contributed by atoms with Gasteiger partial charge in [0.1, 0.15) is 11.6 Å². The maximum Gasteiger partial charge on any atom is 0.129 e. The van der Waals surface area contributed by atoms with Crippen molar-refractivity contribution in [3.63, 3.8) is 0 Å². The molecule has 2 heteroatoms. The lowest BCUT2D eigenvalue weighted by atomic mass is 10.2. The van der Waals surface area contributed by atoms with Crippen molar-refractivity contribution in [1.82, 2.24) is 0 Å². The van der Waals surface area contributed by atoms with E-state index in [4.69, 9.17) is 0 Å². The molecule has 0 aromatic heterocycles. The summed E-state index contributed by atoms with van der Waals surface area (Å²) in [6, 6.07) is 12.0. The van der Waals surface area contributed by atoms with Crippen LogP contribution < -0.4 is 0 Å². The van der Waals surface area contributed by atoms with Crippen LogP contribution in [-0.4, -0.2) is 0 Å². The molecule has 0 saturated carbocycles. The lowest BCUT2D eigenvalue weighted by Gasteiger charge is -1.92. The van der Waals surface area contributed by atoms with E-state index in [0.717, 1.165) is 6.07 Å². The Morgan fingerprint density at radius 2 is 1.00 bits per heavy atom. The maximum atomic E-state index is 12.3. The van der Waals surface area contributed by atoms with Gasteiger partial charge in [0, 0.05) is 6.07 Å². The predicted octanol–water partition coefficient (Wildman–Crippen LogP) is 6.63. The minimum absolute atomic E-state index is 0.469. The number of aryl methyl sites for hydroxylation is 3. The van der Waals surface area contributed by atoms with Crippen molar-refractivity contribution in [2.45, 2.75) is 48.5 Å². The van der Waals surface area contributed by atoms with Gasteiger partial charge in [-0.2, -0.15) is 0 Å². The highest BCUT2D eigenvalue weighted by Crippen LogP contribution is 2.06. The van der Waals surface area contributed by atoms with E-state index in [0.29, 0.717) is 5.56 Å². The van der Waals surface area contributed by atoms with Gasteiger partial charge in [-0.05, 0) is 32.4 Å². The molecular weight excluding hydrogens is 266 g/mol. The first kappa shape index (κ1) is 21.6. The molecule has 2 aromatic rings. The highest BCUT2D eigenvalue weighted by Gasteiger charge is 1.95. The Bertz CT molecular complexity index is 452. The molecule has 0 heterocycles. The highest BCUT2D eigenvalue weighted by molar-refractivity contribution is 5.19. The zero-order chi connectivity index (χ0) is 16.8. The van der Waals surface area contributed by atoms with Gasteiger partial charge in [-0.3, -0.25) is 0 Å². The van der Waals surface area contributed by atoms with Crippen LogP contribution in [0.4, 0.5) is 8.78 Å². The molecule has 0 unspecified atom stereocenters. The fourth-order valence-electron chi connectivity index (χ4n) is 1.20. The Kier molecular flexibility index (Phi) is 13.7. The van der Waals surface area contributed by atoms with Gasteiger partial charge in [-0.25, -0.2) is 8.78 Å². The van der Waals surface area contributed by atoms with E-state index in [2.05, 4.69) is 38.1 Å². The average molecular weight is 294 g/mol. The second-order valence-electron chi connectivity index (χ2n) is 4.05. The standard InChI is InChI=1S/C8H10.C7H6F2.2C2H6/c1-7-3-5-8(2)6-4-7;1-5-2-3-6(8)4-7(5)9;2*1-2/h3-6H,1-2H3;2-4H,1H3;2*1-2H3. The van der Waals surface area contributed by atoms with E-state index >= 15 is 0 Å². The minimum Gasteiger partial charge on any atom is -0.207 e. The molecule has 0 bridgehead atoms. The Hall–Kier alpha value is -1.70. The van der Waals surface area contributed by atoms with Crippen LogP contribution in [0.15, 0.2) is 42.5 Å². The van der Waals surface area contributed by atoms with Crippen molar-refractivity contribution < 1.29 is 8.78 Å². The molecule has 0 saturated heterocycles. The van der Waals surface area contributed by atoms with E-state index in [1.165, 1.54) is 23.3 Å². The summed E-state index contributed by atoms with van der Waals surface area (Å²) in [6.45, 7) is 13.8. The number of rotatable bonds is 0. The molecule has 0 fully saturated rings. The van der Waals surface area contributed by atoms with Crippen molar-refractivity contribution in [2.75, 3.05) is 0 Å². The van der Waals surface area contributed by atoms with Gasteiger partial charge in [-0.15, -0.1) is 0 Å². The molecular formula is C19H28F2. The number of halogens is 2. The number of hydrogen-bond donors (Lipinski definition) is 0. The molecule has 0 amide bonds. The zero-order valence-electron chi connectivity index (χ0n) is 14.3. The molecule has 0 nitrogen and oxygen atoms in total. The number of benzene rings is 2. The van der Waals surface area contributed by atoms with E-state index < -0.39 is 11.6 Å². The summed E-state index contributed by atoms with van der Waals surface area (Å²) in [6.07, 6.45) is 0. The van der Waals surface area contributed by atoms with E-state index in [1.807, 2.05) is 27.7 Å². The molecule has 0 aliphatic heterocycles. The van der Waals surface area contributed by atoms with Crippen molar-refractivity contribution >= 4 is 0 Å². The fraction of sp³-hybridized carbons (Fsp3) is 0.368. The molecule has 0 N–H and O–H groups in total. The van der Waals surface area contributed by atoms with Crippen LogP contribution in [0.3, 0.4) is 0 Å². The van der Waals surface area contributed by atoms with Crippen LogP contribution in [0.2, 0.25) is 0 Å². The van der Waals surface area contributed by atoms with Crippen LogP contribution in [0.1, 0.15) is 44.4 Å². The van der Waals surface area contributed by atoms with Crippen molar-refractivity contribution in [3.05, 3.63) is 70.8 Å². The van der Waals surface area contributed by atoms with Gasteiger partial charge in [0.25, 0.3) is 0 Å². The molecule has 0 atom stereocenters. The van der Waals surface area contributed by atoms with Gasteiger partial charge in [-0.1, -0.05) is 69.2 Å². The van der Waals surface area contributed by atoms with Gasteiger partial charge >= 0.3 is 0 Å². The first-order valence-electron chi connectivity index (χ1n) is 7.44. The summed E-state index contributed by atoms with van der Waals surface area (Å²) in [7, 11) is 0. The first-order chi connectivity index (χ1) is 9.99. The van der Waals surface area contributed by atoms with E-state index in [1.54, 1.807) is 6.92 Å². The van der Waals surface area contributed by atoms with Crippen LogP contribution in [0.5, 0.6) is 0 Å². The van der Waals surface area contributed by atoms with Crippen molar-refractivity contribution in [3.8, 4) is 0 Å². The second-order valence-corrected chi connectivity index (χ2v) is 4.05. The molecule has 118 valence electrons. The Labute approximate surface area is 128 Å². The predicted molar refractivity (Wildman–Crippen MR) is 89.7 cm³/mol. The van der Waals surface area contributed by atoms with Crippen LogP contribution >= 0.6 is 0 Å². The average Bonchev–Trinajstić information content (AvgIpc) is 2.51. The summed E-state index contributed by atoms with van der Waals surface area (Å²) in [5, 5.41) is 0. The topological polar surface area (TPSA) is 0 Å². The third-order valence-corrected chi connectivity index (χ3v) is 2.35. The molecule has 0 aliphatic rings. The monoisotopic (exact) mass is 294 g/mol. The smallest absolute Gasteiger partial charge is 0.129 e. The molecule has 21 heavy (non-hydrogen) atoms. The number of hydrogen-bond acceptors (Lipinski definition) is 0. The molecule has 2 rings (SSSR count). The Morgan fingerprint density at radius 1 is 0.619 bits per heavy atom. The molecule has 2 aromatic carbocycles. The van der Waals surface area contributed by atoms with Gasteiger partial charge in [0.2, 0.25) is 0 Å². The van der Waals surface area contributed by atoms with Crippen LogP contribution in [-0.2, 0) is 0 Å². The van der Waals surface area contributed by atoms with Crippen molar-refractivity contribution in [1.29, 1.82) is 0 Å². The summed E-state index contributed by atoms with van der Waals surface area (Å²) in [4.78, 5) is 0. The van der Waals surface area contributed by atoms with Gasteiger partial charge < -0.3 is 0 Å². The van der Waals surface area contributed by atoms with Crippen LogP contribution in [0, 0.1) is 32.4 Å². The van der Waals surface area contributed by atoms with E-state index in [-0.39, 0.29) is 0 Å². The summed E-state index contributed by atoms with van der Waals surface area (Å²) in [5.41, 5.74) is 3.13. The van der Waals surface area contributed by atoms with Crippen molar-refractivity contribution in [2.24, 2.45) is 0 Å².